The molecule has 0 bridgehead atoms. The molecule has 4 aromatic rings. The number of aromatic amines is 1. The minimum absolute atomic E-state index is 0.269. The highest BCUT2D eigenvalue weighted by atomic mass is 16.6. The molecular weight excluding hydrogens is 418 g/mol. The first kappa shape index (κ1) is 20.8. The second kappa shape index (κ2) is 7.20. The highest BCUT2D eigenvalue weighted by Crippen LogP contribution is 2.40. The third-order valence-corrected chi connectivity index (χ3v) is 5.72. The van der Waals surface area contributed by atoms with Crippen molar-refractivity contribution in [1.29, 1.82) is 0 Å². The number of hydrogen-bond acceptors (Lipinski definition) is 4. The Balaban J connectivity index is 1.79. The van der Waals surface area contributed by atoms with Crippen LogP contribution in [0.4, 0.5) is 4.79 Å². The van der Waals surface area contributed by atoms with Crippen LogP contribution in [0.15, 0.2) is 60.9 Å². The van der Waals surface area contributed by atoms with E-state index in [0.717, 1.165) is 15.8 Å². The van der Waals surface area contributed by atoms with Gasteiger partial charge in [-0.05, 0) is 32.9 Å². The van der Waals surface area contributed by atoms with E-state index in [1.54, 1.807) is 39.2 Å². The fourth-order valence-corrected chi connectivity index (χ4v) is 4.26. The molecule has 7 nitrogen and oxygen atoms in total. The van der Waals surface area contributed by atoms with Crippen LogP contribution in [0, 0.1) is 0 Å². The van der Waals surface area contributed by atoms with E-state index in [4.69, 9.17) is 4.74 Å². The van der Waals surface area contributed by atoms with Gasteiger partial charge in [-0.2, -0.15) is 0 Å². The van der Waals surface area contributed by atoms with Crippen LogP contribution in [-0.2, 0) is 14.3 Å². The number of ether oxygens (including phenoxy) is 1. The fraction of sp³-hybridized carbons (Fsp3) is 0.192. The van der Waals surface area contributed by atoms with Crippen LogP contribution in [0.3, 0.4) is 0 Å². The predicted octanol–water partition coefficient (Wildman–Crippen LogP) is 4.82. The van der Waals surface area contributed by atoms with E-state index in [-0.39, 0.29) is 11.5 Å². The van der Waals surface area contributed by atoms with Gasteiger partial charge in [-0.3, -0.25) is 19.1 Å². The highest BCUT2D eigenvalue weighted by Gasteiger charge is 2.39. The van der Waals surface area contributed by atoms with Gasteiger partial charge in [0.25, 0.3) is 11.8 Å². The number of nitrogens with one attached hydrogen (secondary N) is 1. The SMILES string of the molecule is CN1C(=O)C(c2c[nH]c3ccccc23)=C(c2cn(C(=O)OC(C)(C)C)c3ccccc23)C1=O. The molecule has 0 fully saturated rings. The number of carbonyl (C=O) groups excluding carboxylic acids is 3. The van der Waals surface area contributed by atoms with Crippen LogP contribution < -0.4 is 0 Å². The Morgan fingerprint density at radius 1 is 0.879 bits per heavy atom. The second-order valence-electron chi connectivity index (χ2n) is 9.08. The lowest BCUT2D eigenvalue weighted by Gasteiger charge is -2.19. The maximum absolute atomic E-state index is 13.3. The van der Waals surface area contributed by atoms with Gasteiger partial charge in [-0.1, -0.05) is 36.4 Å². The summed E-state index contributed by atoms with van der Waals surface area (Å²) in [4.78, 5) is 43.8. The number of hydrogen-bond donors (Lipinski definition) is 1. The molecule has 7 heteroatoms. The lowest BCUT2D eigenvalue weighted by Crippen LogP contribution is -2.27. The van der Waals surface area contributed by atoms with E-state index in [2.05, 4.69) is 4.98 Å². The van der Waals surface area contributed by atoms with Crippen molar-refractivity contribution in [3.05, 3.63) is 72.1 Å². The van der Waals surface area contributed by atoms with Gasteiger partial charge in [0, 0.05) is 46.9 Å². The number of carbonyl (C=O) groups is 3. The molecule has 5 rings (SSSR count). The van der Waals surface area contributed by atoms with Crippen molar-refractivity contribution in [3.8, 4) is 0 Å². The molecule has 3 heterocycles. The Morgan fingerprint density at radius 2 is 1.48 bits per heavy atom. The summed E-state index contributed by atoms with van der Waals surface area (Å²) >= 11 is 0. The molecule has 0 unspecified atom stereocenters. The van der Waals surface area contributed by atoms with E-state index in [1.165, 1.54) is 11.6 Å². The molecule has 1 aliphatic heterocycles. The largest absolute Gasteiger partial charge is 0.443 e. The van der Waals surface area contributed by atoms with Crippen LogP contribution in [0.5, 0.6) is 0 Å². The Bertz CT molecular complexity index is 1500. The molecule has 2 amide bonds. The van der Waals surface area contributed by atoms with Crippen molar-refractivity contribution in [2.24, 2.45) is 0 Å². The zero-order chi connectivity index (χ0) is 23.5. The predicted molar refractivity (Wildman–Crippen MR) is 126 cm³/mol. The molecule has 0 saturated carbocycles. The van der Waals surface area contributed by atoms with Gasteiger partial charge >= 0.3 is 6.09 Å². The second-order valence-corrected chi connectivity index (χ2v) is 9.08. The van der Waals surface area contributed by atoms with E-state index in [0.29, 0.717) is 27.6 Å². The quantitative estimate of drug-likeness (QED) is 0.452. The van der Waals surface area contributed by atoms with Gasteiger partial charge in [0.1, 0.15) is 5.60 Å². The zero-order valence-corrected chi connectivity index (χ0v) is 18.8. The summed E-state index contributed by atoms with van der Waals surface area (Å²) in [5.74, 6) is -0.791. The summed E-state index contributed by atoms with van der Waals surface area (Å²) in [5.41, 5.74) is 2.53. The van der Waals surface area contributed by atoms with E-state index in [9.17, 15) is 14.4 Å². The highest BCUT2D eigenvalue weighted by molar-refractivity contribution is 6.50. The van der Waals surface area contributed by atoms with Crippen molar-refractivity contribution >= 4 is 50.9 Å². The van der Waals surface area contributed by atoms with E-state index >= 15 is 0 Å². The molecule has 2 aromatic heterocycles. The average molecular weight is 441 g/mol. The lowest BCUT2D eigenvalue weighted by molar-refractivity contribution is -0.134. The van der Waals surface area contributed by atoms with Crippen molar-refractivity contribution < 1.29 is 19.1 Å². The van der Waals surface area contributed by atoms with Crippen LogP contribution in [0.25, 0.3) is 33.0 Å². The van der Waals surface area contributed by atoms with E-state index < -0.39 is 17.6 Å². The third kappa shape index (κ3) is 3.24. The van der Waals surface area contributed by atoms with Crippen LogP contribution in [-0.4, -0.2) is 45.0 Å². The van der Waals surface area contributed by atoms with Crippen molar-refractivity contribution in [2.45, 2.75) is 26.4 Å². The van der Waals surface area contributed by atoms with Gasteiger partial charge in [0.05, 0.1) is 16.7 Å². The number of nitrogens with zero attached hydrogens (tertiary/aromatic N) is 2. The first-order valence-electron chi connectivity index (χ1n) is 10.6. The molecular formula is C26H23N3O4. The standard InChI is InChI=1S/C26H23N3O4/c1-26(2,3)33-25(32)29-14-18(16-10-6-8-12-20(16)29)22-21(23(30)28(4)24(22)31)17-13-27-19-11-7-5-9-15(17)19/h5-14,27H,1-4H3. The monoisotopic (exact) mass is 441 g/mol. The van der Waals surface area contributed by atoms with Gasteiger partial charge in [-0.25, -0.2) is 4.79 Å². The number of amides is 2. The van der Waals surface area contributed by atoms with Gasteiger partial charge in [0.2, 0.25) is 0 Å². The number of benzene rings is 2. The number of aromatic nitrogens is 2. The molecule has 166 valence electrons. The Labute approximate surface area is 190 Å². The fourth-order valence-electron chi connectivity index (χ4n) is 4.26. The van der Waals surface area contributed by atoms with E-state index in [1.807, 2.05) is 42.5 Å². The Kier molecular flexibility index (Phi) is 4.53. The Hall–Kier alpha value is -4.13. The van der Waals surface area contributed by atoms with Crippen LogP contribution in [0.1, 0.15) is 31.9 Å². The molecule has 2 aromatic carbocycles. The third-order valence-electron chi connectivity index (χ3n) is 5.72. The summed E-state index contributed by atoms with van der Waals surface area (Å²) < 4.78 is 6.97. The van der Waals surface area contributed by atoms with Gasteiger partial charge in [0.15, 0.2) is 0 Å². The Morgan fingerprint density at radius 3 is 2.18 bits per heavy atom. The molecule has 1 N–H and O–H groups in total. The number of rotatable bonds is 2. The number of para-hydroxylation sites is 2. The molecule has 33 heavy (non-hydrogen) atoms. The van der Waals surface area contributed by atoms with Crippen LogP contribution >= 0.6 is 0 Å². The maximum atomic E-state index is 13.3. The van der Waals surface area contributed by atoms with Crippen molar-refractivity contribution in [3.63, 3.8) is 0 Å². The summed E-state index contributed by atoms with van der Waals surface area (Å²) in [6.07, 6.45) is 2.79. The smallest absolute Gasteiger partial charge is 0.419 e. The number of imide groups is 1. The molecule has 0 radical (unpaired) electrons. The molecule has 0 aliphatic carbocycles. The molecule has 0 atom stereocenters. The summed E-state index contributed by atoms with van der Waals surface area (Å²) in [7, 11) is 1.47. The van der Waals surface area contributed by atoms with Crippen LogP contribution in [0.2, 0.25) is 0 Å². The number of H-pyrrole nitrogens is 1. The summed E-state index contributed by atoms with van der Waals surface area (Å²) in [6.45, 7) is 5.38. The van der Waals surface area contributed by atoms with Crippen molar-refractivity contribution in [1.82, 2.24) is 14.5 Å². The number of likely N-dealkylation sites (N-methyl/N-ethyl adjacent to an activating group) is 1. The zero-order valence-electron chi connectivity index (χ0n) is 18.8. The topological polar surface area (TPSA) is 84.4 Å². The van der Waals surface area contributed by atoms with Gasteiger partial charge < -0.3 is 9.72 Å². The first-order valence-corrected chi connectivity index (χ1v) is 10.6. The maximum Gasteiger partial charge on any atom is 0.419 e. The minimum atomic E-state index is -0.684. The number of fused-ring (bicyclic) bond motifs is 2. The molecule has 0 saturated heterocycles. The van der Waals surface area contributed by atoms with Crippen molar-refractivity contribution in [2.75, 3.05) is 7.05 Å². The molecule has 0 spiro atoms. The molecule has 1 aliphatic rings. The lowest BCUT2D eigenvalue weighted by atomic mass is 9.95. The van der Waals surface area contributed by atoms with Gasteiger partial charge in [-0.15, -0.1) is 0 Å². The summed E-state index contributed by atoms with van der Waals surface area (Å²) in [5, 5.41) is 1.53. The summed E-state index contributed by atoms with van der Waals surface area (Å²) in [6, 6.07) is 14.9. The normalized spacial score (nSPS) is 14.7. The average Bonchev–Trinajstić information content (AvgIpc) is 3.42. The first-order chi connectivity index (χ1) is 15.7. The minimum Gasteiger partial charge on any atom is -0.443 e.